The van der Waals surface area contributed by atoms with Crippen LogP contribution in [0, 0.1) is 5.82 Å². The minimum absolute atomic E-state index is 0.123. The van der Waals surface area contributed by atoms with Gasteiger partial charge in [-0.25, -0.2) is 4.39 Å². The molecule has 1 fully saturated rings. The maximum Gasteiger partial charge on any atom is 0.260 e. The predicted molar refractivity (Wildman–Crippen MR) is 93.3 cm³/mol. The fourth-order valence-electron chi connectivity index (χ4n) is 2.26. The van der Waals surface area contributed by atoms with Gasteiger partial charge in [0.2, 0.25) is 0 Å². The summed E-state index contributed by atoms with van der Waals surface area (Å²) in [6.45, 7) is 2.11. The van der Waals surface area contributed by atoms with Gasteiger partial charge in [-0.05, 0) is 47.9 Å². The number of benzene rings is 2. The molecule has 2 N–H and O–H groups in total. The van der Waals surface area contributed by atoms with Crippen LogP contribution in [0.15, 0.2) is 53.4 Å². The molecule has 0 radical (unpaired) electrons. The summed E-state index contributed by atoms with van der Waals surface area (Å²) in [5.74, 6) is -0.409. The zero-order valence-electron chi connectivity index (χ0n) is 12.7. The SMILES string of the molecule is CCc1ccc(N[C@@H]2NC(=O)/C(=C/c3ccc(F)cc3)S2)cc1. The van der Waals surface area contributed by atoms with Crippen LogP contribution in [0.25, 0.3) is 6.08 Å². The Bertz CT molecular complexity index is 726. The van der Waals surface area contributed by atoms with Crippen molar-refractivity contribution >= 4 is 29.4 Å². The van der Waals surface area contributed by atoms with Gasteiger partial charge in [0.05, 0.1) is 4.91 Å². The van der Waals surface area contributed by atoms with E-state index in [9.17, 15) is 9.18 Å². The minimum atomic E-state index is -0.286. The summed E-state index contributed by atoms with van der Waals surface area (Å²) in [5.41, 5.74) is 2.83. The third-order valence-corrected chi connectivity index (χ3v) is 4.59. The van der Waals surface area contributed by atoms with Gasteiger partial charge in [-0.3, -0.25) is 4.79 Å². The van der Waals surface area contributed by atoms with Crippen molar-refractivity contribution in [2.24, 2.45) is 0 Å². The average Bonchev–Trinajstić information content (AvgIpc) is 2.90. The summed E-state index contributed by atoms with van der Waals surface area (Å²) < 4.78 is 12.9. The molecule has 0 aromatic heterocycles. The molecule has 23 heavy (non-hydrogen) atoms. The molecule has 5 heteroatoms. The van der Waals surface area contributed by atoms with E-state index in [0.29, 0.717) is 4.91 Å². The van der Waals surface area contributed by atoms with Crippen LogP contribution < -0.4 is 10.6 Å². The molecule has 1 heterocycles. The van der Waals surface area contributed by atoms with Crippen molar-refractivity contribution in [1.29, 1.82) is 0 Å². The normalized spacial score (nSPS) is 19.0. The second kappa shape index (κ2) is 6.87. The molecular formula is C18H17FN2OS. The first kappa shape index (κ1) is 15.6. The number of amides is 1. The zero-order valence-corrected chi connectivity index (χ0v) is 13.5. The van der Waals surface area contributed by atoms with Crippen molar-refractivity contribution in [3.8, 4) is 0 Å². The number of carbonyl (C=O) groups is 1. The Hall–Kier alpha value is -2.27. The van der Waals surface area contributed by atoms with Gasteiger partial charge in [0.15, 0.2) is 5.50 Å². The van der Waals surface area contributed by atoms with Crippen LogP contribution in [-0.2, 0) is 11.2 Å². The van der Waals surface area contributed by atoms with E-state index in [2.05, 4.69) is 29.7 Å². The third kappa shape index (κ3) is 3.93. The van der Waals surface area contributed by atoms with Gasteiger partial charge >= 0.3 is 0 Å². The lowest BCUT2D eigenvalue weighted by atomic mass is 10.1. The molecule has 0 aliphatic carbocycles. The predicted octanol–water partition coefficient (Wildman–Crippen LogP) is 3.99. The first-order chi connectivity index (χ1) is 11.1. The van der Waals surface area contributed by atoms with Crippen molar-refractivity contribution in [1.82, 2.24) is 5.32 Å². The Labute approximate surface area is 139 Å². The van der Waals surface area contributed by atoms with Gasteiger partial charge in [0.25, 0.3) is 5.91 Å². The molecule has 118 valence electrons. The highest BCUT2D eigenvalue weighted by Gasteiger charge is 2.26. The highest BCUT2D eigenvalue weighted by atomic mass is 32.2. The summed E-state index contributed by atoms with van der Waals surface area (Å²) in [6.07, 6.45) is 2.76. The summed E-state index contributed by atoms with van der Waals surface area (Å²) in [4.78, 5) is 12.6. The highest BCUT2D eigenvalue weighted by Crippen LogP contribution is 2.30. The molecule has 2 aromatic carbocycles. The molecule has 1 amide bonds. The van der Waals surface area contributed by atoms with Crippen LogP contribution in [0.2, 0.25) is 0 Å². The lowest BCUT2D eigenvalue weighted by Crippen LogP contribution is -2.30. The van der Waals surface area contributed by atoms with Crippen molar-refractivity contribution in [3.63, 3.8) is 0 Å². The molecule has 1 aliphatic rings. The van der Waals surface area contributed by atoms with Crippen LogP contribution in [-0.4, -0.2) is 11.4 Å². The highest BCUT2D eigenvalue weighted by molar-refractivity contribution is 8.05. The summed E-state index contributed by atoms with van der Waals surface area (Å²) >= 11 is 1.42. The monoisotopic (exact) mass is 328 g/mol. The van der Waals surface area contributed by atoms with E-state index < -0.39 is 0 Å². The fourth-order valence-corrected chi connectivity index (χ4v) is 3.25. The van der Waals surface area contributed by atoms with Gasteiger partial charge in [-0.1, -0.05) is 43.0 Å². The van der Waals surface area contributed by atoms with Crippen LogP contribution in [0.3, 0.4) is 0 Å². The standard InChI is InChI=1S/C18H17FN2OS/c1-2-12-5-9-15(10-6-12)20-18-21-17(22)16(23-18)11-13-3-7-14(19)8-4-13/h3-11,18,20H,2H2,1H3,(H,21,22)/b16-11-/t18-/m1/s1. The molecule has 0 unspecified atom stereocenters. The number of carbonyl (C=O) groups excluding carboxylic acids is 1. The van der Waals surface area contributed by atoms with Gasteiger partial charge in [-0.15, -0.1) is 0 Å². The summed E-state index contributed by atoms with van der Waals surface area (Å²) in [7, 11) is 0. The average molecular weight is 328 g/mol. The first-order valence-electron chi connectivity index (χ1n) is 7.44. The topological polar surface area (TPSA) is 41.1 Å². The van der Waals surface area contributed by atoms with E-state index in [1.807, 2.05) is 12.1 Å². The zero-order chi connectivity index (χ0) is 16.2. The maximum absolute atomic E-state index is 12.9. The Morgan fingerprint density at radius 2 is 1.87 bits per heavy atom. The quantitative estimate of drug-likeness (QED) is 0.834. The molecule has 2 aromatic rings. The van der Waals surface area contributed by atoms with E-state index in [1.165, 1.54) is 29.5 Å². The molecule has 0 spiro atoms. The largest absolute Gasteiger partial charge is 0.357 e. The third-order valence-electron chi connectivity index (χ3n) is 3.56. The molecule has 1 atom stereocenters. The number of halogens is 1. The second-order valence-corrected chi connectivity index (χ2v) is 6.37. The van der Waals surface area contributed by atoms with Crippen LogP contribution >= 0.6 is 11.8 Å². The first-order valence-corrected chi connectivity index (χ1v) is 8.32. The Kier molecular flexibility index (Phi) is 4.67. The molecule has 0 bridgehead atoms. The van der Waals surface area contributed by atoms with Crippen molar-refractivity contribution in [2.75, 3.05) is 5.32 Å². The van der Waals surface area contributed by atoms with Gasteiger partial charge < -0.3 is 10.6 Å². The molecule has 1 saturated heterocycles. The van der Waals surface area contributed by atoms with E-state index in [4.69, 9.17) is 0 Å². The fraction of sp³-hybridized carbons (Fsp3) is 0.167. The summed E-state index contributed by atoms with van der Waals surface area (Å²) in [5, 5.41) is 6.16. The van der Waals surface area contributed by atoms with Crippen LogP contribution in [0.1, 0.15) is 18.1 Å². The number of aryl methyl sites for hydroxylation is 1. The maximum atomic E-state index is 12.9. The van der Waals surface area contributed by atoms with E-state index in [1.54, 1.807) is 18.2 Å². The number of rotatable bonds is 4. The Balaban J connectivity index is 1.67. The molecular weight excluding hydrogens is 311 g/mol. The lowest BCUT2D eigenvalue weighted by molar-refractivity contribution is -0.116. The number of anilines is 1. The summed E-state index contributed by atoms with van der Waals surface area (Å²) in [6, 6.07) is 14.2. The van der Waals surface area contributed by atoms with Crippen molar-refractivity contribution in [2.45, 2.75) is 18.8 Å². The smallest absolute Gasteiger partial charge is 0.260 e. The molecule has 0 saturated carbocycles. The number of nitrogens with one attached hydrogen (secondary N) is 2. The second-order valence-electron chi connectivity index (χ2n) is 5.23. The van der Waals surface area contributed by atoms with Gasteiger partial charge in [0, 0.05) is 5.69 Å². The minimum Gasteiger partial charge on any atom is -0.357 e. The number of hydrogen-bond acceptors (Lipinski definition) is 3. The molecule has 1 aliphatic heterocycles. The van der Waals surface area contributed by atoms with Crippen molar-refractivity contribution in [3.05, 3.63) is 70.4 Å². The molecule has 3 rings (SSSR count). The Morgan fingerprint density at radius 3 is 2.52 bits per heavy atom. The van der Waals surface area contributed by atoms with E-state index >= 15 is 0 Å². The number of thioether (sulfide) groups is 1. The van der Waals surface area contributed by atoms with E-state index in [-0.39, 0.29) is 17.2 Å². The van der Waals surface area contributed by atoms with Gasteiger partial charge in [0.1, 0.15) is 5.82 Å². The lowest BCUT2D eigenvalue weighted by Gasteiger charge is -2.12. The molecule has 3 nitrogen and oxygen atoms in total. The van der Waals surface area contributed by atoms with Gasteiger partial charge in [-0.2, -0.15) is 0 Å². The Morgan fingerprint density at radius 1 is 1.17 bits per heavy atom. The van der Waals surface area contributed by atoms with Crippen LogP contribution in [0.5, 0.6) is 0 Å². The van der Waals surface area contributed by atoms with E-state index in [0.717, 1.165) is 17.7 Å². The van der Waals surface area contributed by atoms with Crippen molar-refractivity contribution < 1.29 is 9.18 Å². The van der Waals surface area contributed by atoms with Crippen LogP contribution in [0.4, 0.5) is 10.1 Å². The number of hydrogen-bond donors (Lipinski definition) is 2.